The number of nitrogens with one attached hydrogen (secondary N) is 2. The fourth-order valence-corrected chi connectivity index (χ4v) is 6.27. The number of amides is 2. The van der Waals surface area contributed by atoms with Gasteiger partial charge in [-0.1, -0.05) is 23.3 Å². The minimum Gasteiger partial charge on any atom is -0.493 e. The van der Waals surface area contributed by atoms with E-state index in [1.807, 2.05) is 34.6 Å². The lowest BCUT2D eigenvalue weighted by Crippen LogP contribution is -2.42. The summed E-state index contributed by atoms with van der Waals surface area (Å²) in [6, 6.07) is 12.3. The Morgan fingerprint density at radius 3 is 2.04 bits per heavy atom. The van der Waals surface area contributed by atoms with Gasteiger partial charge < -0.3 is 34.6 Å². The van der Waals surface area contributed by atoms with E-state index in [-0.39, 0.29) is 29.6 Å². The van der Waals surface area contributed by atoms with Crippen molar-refractivity contribution >= 4 is 24.2 Å². The average Bonchev–Trinajstić information content (AvgIpc) is 3.85. The van der Waals surface area contributed by atoms with Crippen molar-refractivity contribution < 1.29 is 41.4 Å². The molecule has 0 aliphatic carbocycles. The predicted molar refractivity (Wildman–Crippen MR) is 206 cm³/mol. The number of benzene rings is 3. The zero-order valence-electron chi connectivity index (χ0n) is 32.6. The van der Waals surface area contributed by atoms with E-state index < -0.39 is 28.9 Å². The van der Waals surface area contributed by atoms with Crippen LogP contribution in [-0.4, -0.2) is 93.0 Å². The molecule has 298 valence electrons. The Kier molecular flexibility index (Phi) is 15.3. The monoisotopic (exact) mass is 768 g/mol. The van der Waals surface area contributed by atoms with Gasteiger partial charge in [-0.3, -0.25) is 4.79 Å². The highest BCUT2D eigenvalue weighted by molar-refractivity contribution is 5.95. The van der Waals surface area contributed by atoms with Gasteiger partial charge in [-0.15, -0.1) is 0 Å². The van der Waals surface area contributed by atoms with Crippen molar-refractivity contribution in [1.82, 2.24) is 20.4 Å². The minimum absolute atomic E-state index is 0.0204. The number of likely N-dealkylation sites (tertiary alicyclic amines) is 1. The average molecular weight is 769 g/mol. The lowest BCUT2D eigenvalue weighted by Gasteiger charge is -2.29. The van der Waals surface area contributed by atoms with Crippen LogP contribution in [0.2, 0.25) is 0 Å². The molecule has 2 fully saturated rings. The summed E-state index contributed by atoms with van der Waals surface area (Å²) in [6.07, 6.45) is 4.72. The molecule has 0 bridgehead atoms. The molecule has 13 heteroatoms. The Hall–Kier alpha value is -4.88. The number of hydrogen-bond acceptors (Lipinski definition) is 7. The highest BCUT2D eigenvalue weighted by Crippen LogP contribution is 2.29. The molecule has 2 atom stereocenters. The second-order valence-corrected chi connectivity index (χ2v) is 14.8. The first-order chi connectivity index (χ1) is 26.1. The van der Waals surface area contributed by atoms with Crippen molar-refractivity contribution in [2.45, 2.75) is 65.1 Å². The molecule has 0 aromatic heterocycles. The van der Waals surface area contributed by atoms with Gasteiger partial charge in [-0.25, -0.2) is 22.4 Å². The van der Waals surface area contributed by atoms with Crippen LogP contribution in [-0.2, 0) is 4.74 Å². The molecule has 0 spiro atoms. The normalized spacial score (nSPS) is 17.4. The van der Waals surface area contributed by atoms with Gasteiger partial charge in [-0.2, -0.15) is 0 Å². The SMILES string of the molecule is C/C(=C\c1ccc(F)cc1F)CNC1CCN(C(=O)OC(C)(C)C)C1.COc1ccc(C(=O)N(C/C(C)=C/c2ccc(F)cc2F)C2CCNC2)cc1OC. The smallest absolute Gasteiger partial charge is 0.410 e. The van der Waals surface area contributed by atoms with Crippen LogP contribution < -0.4 is 20.1 Å². The van der Waals surface area contributed by atoms with Crippen LogP contribution in [0.15, 0.2) is 65.7 Å². The van der Waals surface area contributed by atoms with Gasteiger partial charge in [0.05, 0.1) is 14.2 Å². The third kappa shape index (κ3) is 12.9. The maximum Gasteiger partial charge on any atom is 0.410 e. The van der Waals surface area contributed by atoms with Crippen LogP contribution in [0.25, 0.3) is 12.2 Å². The predicted octanol–water partition coefficient (Wildman–Crippen LogP) is 7.86. The molecule has 2 heterocycles. The number of halogens is 4. The summed E-state index contributed by atoms with van der Waals surface area (Å²) in [7, 11) is 3.06. The Bertz CT molecular complexity index is 1860. The van der Waals surface area contributed by atoms with Crippen molar-refractivity contribution in [2.24, 2.45) is 0 Å². The molecule has 0 saturated carbocycles. The molecular formula is C42H52F4N4O5. The Morgan fingerprint density at radius 2 is 1.49 bits per heavy atom. The van der Waals surface area contributed by atoms with Crippen LogP contribution in [0.1, 0.15) is 68.9 Å². The molecule has 2 unspecified atom stereocenters. The van der Waals surface area contributed by atoms with E-state index in [0.717, 1.165) is 42.7 Å². The Labute approximate surface area is 321 Å². The number of hydrogen-bond donors (Lipinski definition) is 2. The lowest BCUT2D eigenvalue weighted by atomic mass is 10.1. The van der Waals surface area contributed by atoms with Gasteiger partial charge in [-0.05, 0) is 96.5 Å². The van der Waals surface area contributed by atoms with E-state index >= 15 is 0 Å². The summed E-state index contributed by atoms with van der Waals surface area (Å²) in [5.74, 6) is -1.52. The molecule has 3 aromatic carbocycles. The zero-order valence-corrected chi connectivity index (χ0v) is 32.6. The topological polar surface area (TPSA) is 92.4 Å². The molecule has 9 nitrogen and oxygen atoms in total. The molecule has 2 saturated heterocycles. The number of nitrogens with zero attached hydrogens (tertiary/aromatic N) is 2. The first-order valence-electron chi connectivity index (χ1n) is 18.3. The van der Waals surface area contributed by atoms with Gasteiger partial charge in [0.1, 0.15) is 28.9 Å². The largest absolute Gasteiger partial charge is 0.493 e. The fourth-order valence-electron chi connectivity index (χ4n) is 6.27. The second kappa shape index (κ2) is 19.6. The van der Waals surface area contributed by atoms with Gasteiger partial charge in [0.2, 0.25) is 0 Å². The quantitative estimate of drug-likeness (QED) is 0.192. The molecular weight excluding hydrogens is 716 g/mol. The van der Waals surface area contributed by atoms with Gasteiger partial charge in [0.25, 0.3) is 5.91 Å². The van der Waals surface area contributed by atoms with E-state index in [0.29, 0.717) is 55.3 Å². The van der Waals surface area contributed by atoms with E-state index in [1.165, 1.54) is 31.4 Å². The highest BCUT2D eigenvalue weighted by atomic mass is 19.1. The summed E-state index contributed by atoms with van der Waals surface area (Å²) in [5.41, 5.74) is 2.36. The lowest BCUT2D eigenvalue weighted by molar-refractivity contribution is 0.0291. The fraction of sp³-hybridized carbons (Fsp3) is 0.429. The first-order valence-corrected chi connectivity index (χ1v) is 18.3. The van der Waals surface area contributed by atoms with Crippen molar-refractivity contribution in [3.05, 3.63) is 106 Å². The number of methoxy groups -OCH3 is 2. The van der Waals surface area contributed by atoms with E-state index in [1.54, 1.807) is 47.3 Å². The van der Waals surface area contributed by atoms with Crippen LogP contribution in [0.4, 0.5) is 22.4 Å². The maximum absolute atomic E-state index is 14.0. The van der Waals surface area contributed by atoms with Crippen molar-refractivity contribution in [3.8, 4) is 11.5 Å². The van der Waals surface area contributed by atoms with Crippen LogP contribution in [0.5, 0.6) is 11.5 Å². The van der Waals surface area contributed by atoms with Gasteiger partial charge in [0.15, 0.2) is 11.5 Å². The van der Waals surface area contributed by atoms with Crippen molar-refractivity contribution in [2.75, 3.05) is 53.5 Å². The summed E-state index contributed by atoms with van der Waals surface area (Å²) in [5, 5.41) is 6.64. The number of carbonyl (C=O) groups excluding carboxylic acids is 2. The molecule has 2 aliphatic heterocycles. The number of carbonyl (C=O) groups is 2. The summed E-state index contributed by atoms with van der Waals surface area (Å²) >= 11 is 0. The first kappa shape index (κ1) is 42.9. The molecule has 2 N–H and O–H groups in total. The minimum atomic E-state index is -0.630. The molecule has 3 aromatic rings. The molecule has 2 aliphatic rings. The standard InChI is InChI=1S/C23H26F2N2O3.C19H26F2N2O2/c1-15(10-16-4-6-18(24)12-20(16)25)14-27(19-8-9-26-13-19)23(28)17-5-7-21(29-2)22(11-17)30-3;1-13(9-14-5-6-15(20)10-17(14)21)11-22-16-7-8-23(12-16)18(24)25-19(2,3)4/h4-7,10-12,19,26H,8-9,13-14H2,1-3H3;5-6,9-10,16,22H,7-8,11-12H2,1-4H3/b15-10+;13-9+. The molecule has 2 amide bonds. The molecule has 0 radical (unpaired) electrons. The van der Waals surface area contributed by atoms with E-state index in [4.69, 9.17) is 14.2 Å². The van der Waals surface area contributed by atoms with Crippen LogP contribution in [0.3, 0.4) is 0 Å². The molecule has 5 rings (SSSR count). The van der Waals surface area contributed by atoms with Crippen molar-refractivity contribution in [3.63, 3.8) is 0 Å². The third-order valence-corrected chi connectivity index (χ3v) is 9.02. The van der Waals surface area contributed by atoms with Gasteiger partial charge in [0, 0.05) is 73.6 Å². The Balaban J connectivity index is 0.000000249. The summed E-state index contributed by atoms with van der Waals surface area (Å²) in [6.45, 7) is 12.9. The maximum atomic E-state index is 14.0. The van der Waals surface area contributed by atoms with Crippen LogP contribution in [0, 0.1) is 23.3 Å². The van der Waals surface area contributed by atoms with Crippen molar-refractivity contribution in [1.29, 1.82) is 0 Å². The van der Waals surface area contributed by atoms with Gasteiger partial charge >= 0.3 is 6.09 Å². The van der Waals surface area contributed by atoms with E-state index in [2.05, 4.69) is 10.6 Å². The number of rotatable bonds is 11. The summed E-state index contributed by atoms with van der Waals surface area (Å²) in [4.78, 5) is 28.9. The van der Waals surface area contributed by atoms with E-state index in [9.17, 15) is 27.2 Å². The second-order valence-electron chi connectivity index (χ2n) is 14.8. The highest BCUT2D eigenvalue weighted by Gasteiger charge is 2.30. The number of ether oxygens (including phenoxy) is 3. The molecule has 55 heavy (non-hydrogen) atoms. The van der Waals surface area contributed by atoms with Crippen LogP contribution >= 0.6 is 0 Å². The summed E-state index contributed by atoms with van der Waals surface area (Å²) < 4.78 is 69.7. The Morgan fingerprint density at radius 1 is 0.873 bits per heavy atom. The zero-order chi connectivity index (χ0) is 40.3. The third-order valence-electron chi connectivity index (χ3n) is 9.02.